The molecule has 0 unspecified atom stereocenters. The molecule has 3 nitrogen and oxygen atoms in total. The van der Waals surface area contributed by atoms with Crippen molar-refractivity contribution in [1.29, 1.82) is 0 Å². The number of carbonyl (C=O) groups excluding carboxylic acids is 1. The van der Waals surface area contributed by atoms with E-state index in [1.54, 1.807) is 0 Å². The molecule has 1 aromatic rings. The smallest absolute Gasteiger partial charge is 0.318 e. The molecule has 0 amide bonds. The van der Waals surface area contributed by atoms with Gasteiger partial charge in [0.25, 0.3) is 0 Å². The molecule has 0 saturated heterocycles. The van der Waals surface area contributed by atoms with E-state index >= 15 is 0 Å². The van der Waals surface area contributed by atoms with Gasteiger partial charge in [0.15, 0.2) is 0 Å². The van der Waals surface area contributed by atoms with Gasteiger partial charge in [0.1, 0.15) is 0 Å². The average molecular weight is 247 g/mol. The summed E-state index contributed by atoms with van der Waals surface area (Å²) in [7, 11) is 0. The molecule has 1 aromatic carbocycles. The standard InChI is InChI=1S/C15H21NO2/c1-8-9(2)11(4)15(12(5)10(8)3)13(6)16-18-14(7)17/h1-7H3. The van der Waals surface area contributed by atoms with Gasteiger partial charge >= 0.3 is 5.97 Å². The fourth-order valence-corrected chi connectivity index (χ4v) is 2.22. The maximum atomic E-state index is 10.8. The fraction of sp³-hybridized carbons (Fsp3) is 0.467. The Bertz CT molecular complexity index is 499. The van der Waals surface area contributed by atoms with Gasteiger partial charge in [-0.1, -0.05) is 5.16 Å². The van der Waals surface area contributed by atoms with E-state index in [2.05, 4.69) is 39.8 Å². The Labute approximate surface area is 109 Å². The van der Waals surface area contributed by atoms with Gasteiger partial charge < -0.3 is 4.84 Å². The molecular formula is C15H21NO2. The van der Waals surface area contributed by atoms with Crippen molar-refractivity contribution in [1.82, 2.24) is 0 Å². The van der Waals surface area contributed by atoms with Crippen LogP contribution in [0.25, 0.3) is 0 Å². The minimum Gasteiger partial charge on any atom is -0.318 e. The van der Waals surface area contributed by atoms with E-state index in [0.29, 0.717) is 0 Å². The molecule has 0 atom stereocenters. The molecule has 0 heterocycles. The Hall–Kier alpha value is -1.64. The Kier molecular flexibility index (Phi) is 4.28. The molecule has 0 N–H and O–H groups in total. The summed E-state index contributed by atoms with van der Waals surface area (Å²) in [5.41, 5.74) is 8.07. The summed E-state index contributed by atoms with van der Waals surface area (Å²) >= 11 is 0. The highest BCUT2D eigenvalue weighted by Crippen LogP contribution is 2.26. The Morgan fingerprint density at radius 2 is 1.22 bits per heavy atom. The molecule has 18 heavy (non-hydrogen) atoms. The molecular weight excluding hydrogens is 226 g/mol. The summed E-state index contributed by atoms with van der Waals surface area (Å²) < 4.78 is 0. The van der Waals surface area contributed by atoms with Crippen molar-refractivity contribution in [2.75, 3.05) is 0 Å². The lowest BCUT2D eigenvalue weighted by Gasteiger charge is -2.18. The number of hydrogen-bond acceptors (Lipinski definition) is 3. The molecule has 0 saturated carbocycles. The van der Waals surface area contributed by atoms with Crippen molar-refractivity contribution in [3.05, 3.63) is 33.4 Å². The van der Waals surface area contributed by atoms with Crippen LogP contribution in [0.5, 0.6) is 0 Å². The van der Waals surface area contributed by atoms with Crippen LogP contribution in [-0.4, -0.2) is 11.7 Å². The van der Waals surface area contributed by atoms with Crippen LogP contribution in [0.1, 0.15) is 47.2 Å². The Morgan fingerprint density at radius 1 is 0.833 bits per heavy atom. The molecule has 3 heteroatoms. The van der Waals surface area contributed by atoms with Crippen LogP contribution in [0.3, 0.4) is 0 Å². The minimum absolute atomic E-state index is 0.398. The van der Waals surface area contributed by atoms with Crippen molar-refractivity contribution in [3.63, 3.8) is 0 Å². The predicted molar refractivity (Wildman–Crippen MR) is 74.1 cm³/mol. The third-order valence-corrected chi connectivity index (χ3v) is 3.67. The molecule has 1 rings (SSSR count). The number of nitrogens with zero attached hydrogens (tertiary/aromatic N) is 1. The lowest BCUT2D eigenvalue weighted by atomic mass is 9.88. The molecule has 0 bridgehead atoms. The summed E-state index contributed by atoms with van der Waals surface area (Å²) in [5, 5.41) is 3.89. The zero-order valence-corrected chi connectivity index (χ0v) is 12.3. The second kappa shape index (κ2) is 5.34. The Morgan fingerprint density at radius 3 is 1.61 bits per heavy atom. The zero-order chi connectivity index (χ0) is 14.0. The normalized spacial score (nSPS) is 11.6. The van der Waals surface area contributed by atoms with Gasteiger partial charge in [0.2, 0.25) is 0 Å². The maximum Gasteiger partial charge on any atom is 0.331 e. The second-order valence-corrected chi connectivity index (χ2v) is 4.76. The van der Waals surface area contributed by atoms with Crippen LogP contribution in [0, 0.1) is 34.6 Å². The van der Waals surface area contributed by atoms with Gasteiger partial charge in [-0.3, -0.25) is 0 Å². The third-order valence-electron chi connectivity index (χ3n) is 3.67. The van der Waals surface area contributed by atoms with Gasteiger partial charge in [-0.25, -0.2) is 4.79 Å². The van der Waals surface area contributed by atoms with Crippen molar-refractivity contribution < 1.29 is 9.63 Å². The van der Waals surface area contributed by atoms with Crippen molar-refractivity contribution in [2.45, 2.75) is 48.5 Å². The zero-order valence-electron chi connectivity index (χ0n) is 12.3. The van der Waals surface area contributed by atoms with Gasteiger partial charge in [-0.15, -0.1) is 0 Å². The van der Waals surface area contributed by atoms with Crippen molar-refractivity contribution in [2.24, 2.45) is 5.16 Å². The highest BCUT2D eigenvalue weighted by atomic mass is 16.7. The summed E-state index contributed by atoms with van der Waals surface area (Å²) in [6, 6.07) is 0. The first-order valence-electron chi connectivity index (χ1n) is 6.06. The molecule has 0 aliphatic heterocycles. The van der Waals surface area contributed by atoms with Crippen molar-refractivity contribution >= 4 is 11.7 Å². The average Bonchev–Trinajstić information content (AvgIpc) is 2.31. The summed E-state index contributed by atoms with van der Waals surface area (Å²) in [6.45, 7) is 13.7. The quantitative estimate of drug-likeness (QED) is 0.455. The van der Waals surface area contributed by atoms with E-state index < -0.39 is 5.97 Å². The number of hydrogen-bond donors (Lipinski definition) is 0. The van der Waals surface area contributed by atoms with Crippen LogP contribution in [0.2, 0.25) is 0 Å². The Balaban J connectivity index is 3.42. The minimum atomic E-state index is -0.398. The van der Waals surface area contributed by atoms with Crippen LogP contribution >= 0.6 is 0 Å². The monoisotopic (exact) mass is 247 g/mol. The molecule has 0 aromatic heterocycles. The van der Waals surface area contributed by atoms with Gasteiger partial charge in [0, 0.05) is 12.5 Å². The van der Waals surface area contributed by atoms with Crippen LogP contribution in [0.4, 0.5) is 0 Å². The molecule has 0 spiro atoms. The SMILES string of the molecule is CC(=O)ON=C(C)c1c(C)c(C)c(C)c(C)c1C. The van der Waals surface area contributed by atoms with E-state index in [4.69, 9.17) is 4.84 Å². The lowest BCUT2D eigenvalue weighted by Crippen LogP contribution is -2.08. The predicted octanol–water partition coefficient (Wildman–Crippen LogP) is 3.52. The van der Waals surface area contributed by atoms with E-state index in [9.17, 15) is 4.79 Å². The summed E-state index contributed by atoms with van der Waals surface area (Å²) in [4.78, 5) is 15.5. The van der Waals surface area contributed by atoms with Crippen molar-refractivity contribution in [3.8, 4) is 0 Å². The highest BCUT2D eigenvalue weighted by Gasteiger charge is 2.14. The van der Waals surface area contributed by atoms with Crippen LogP contribution in [0.15, 0.2) is 5.16 Å². The number of benzene rings is 1. The van der Waals surface area contributed by atoms with E-state index in [-0.39, 0.29) is 0 Å². The number of rotatable bonds is 2. The topological polar surface area (TPSA) is 38.7 Å². The van der Waals surface area contributed by atoms with Crippen LogP contribution < -0.4 is 0 Å². The molecule has 0 aliphatic carbocycles. The number of oxime groups is 1. The second-order valence-electron chi connectivity index (χ2n) is 4.76. The van der Waals surface area contributed by atoms with Gasteiger partial charge in [-0.05, 0) is 69.4 Å². The third kappa shape index (κ3) is 2.61. The molecule has 0 fully saturated rings. The lowest BCUT2D eigenvalue weighted by molar-refractivity contribution is -0.140. The number of carbonyl (C=O) groups is 1. The van der Waals surface area contributed by atoms with E-state index in [0.717, 1.165) is 11.3 Å². The summed E-state index contributed by atoms with van der Waals surface area (Å²) in [6.07, 6.45) is 0. The largest absolute Gasteiger partial charge is 0.331 e. The van der Waals surface area contributed by atoms with Gasteiger partial charge in [-0.2, -0.15) is 0 Å². The molecule has 0 radical (unpaired) electrons. The fourth-order valence-electron chi connectivity index (χ4n) is 2.22. The maximum absolute atomic E-state index is 10.8. The van der Waals surface area contributed by atoms with Gasteiger partial charge in [0.05, 0.1) is 5.71 Å². The highest BCUT2D eigenvalue weighted by molar-refractivity contribution is 6.02. The first-order chi connectivity index (χ1) is 8.27. The first-order valence-corrected chi connectivity index (χ1v) is 6.06. The first kappa shape index (κ1) is 14.4. The van der Waals surface area contributed by atoms with Crippen LogP contribution in [-0.2, 0) is 9.63 Å². The molecule has 0 aliphatic rings. The summed E-state index contributed by atoms with van der Waals surface area (Å²) in [5.74, 6) is -0.398. The van der Waals surface area contributed by atoms with E-state index in [1.165, 1.54) is 34.7 Å². The molecule has 98 valence electrons. The van der Waals surface area contributed by atoms with E-state index in [1.807, 2.05) is 6.92 Å².